The first-order valence-corrected chi connectivity index (χ1v) is 14.0. The van der Waals surface area contributed by atoms with E-state index in [0.29, 0.717) is 5.56 Å². The Balaban J connectivity index is 1.53. The Morgan fingerprint density at radius 3 is 2.73 bits per heavy atom. The topological polar surface area (TPSA) is 133 Å². The highest BCUT2D eigenvalue weighted by Crippen LogP contribution is 2.30. The van der Waals surface area contributed by atoms with Crippen LogP contribution in [-0.2, 0) is 10.0 Å². The van der Waals surface area contributed by atoms with Crippen molar-refractivity contribution in [2.24, 2.45) is 5.73 Å². The summed E-state index contributed by atoms with van der Waals surface area (Å²) in [7, 11) is -4.33. The second kappa shape index (κ2) is 9.74. The maximum absolute atomic E-state index is 15.1. The standard InChI is InChI=1S/C25H24FN5O4S2/c1-16(18-8-4-3-7-17(18)9-12-25(27)10-5-2-6-11-25)31-20-13-19(26)22(14-21(20)35-24(31)32)37(33,34)30-23-28-15-29-36-23/h3-4,7-8,13-16H,2,5-6,10-11,27H2,1H3,(H,28,29,30). The molecule has 2 aromatic carbocycles. The van der Waals surface area contributed by atoms with E-state index in [4.69, 9.17) is 10.2 Å². The highest BCUT2D eigenvalue weighted by Gasteiger charge is 2.27. The Morgan fingerprint density at radius 2 is 2.00 bits per heavy atom. The van der Waals surface area contributed by atoms with Crippen LogP contribution in [0.5, 0.6) is 0 Å². The van der Waals surface area contributed by atoms with Gasteiger partial charge in [0.2, 0.25) is 5.13 Å². The molecule has 1 saturated carbocycles. The number of anilines is 1. The van der Waals surface area contributed by atoms with Gasteiger partial charge in [0.25, 0.3) is 10.0 Å². The van der Waals surface area contributed by atoms with Gasteiger partial charge in [-0.25, -0.2) is 22.6 Å². The summed E-state index contributed by atoms with van der Waals surface area (Å²) in [6.45, 7) is 1.77. The summed E-state index contributed by atoms with van der Waals surface area (Å²) in [6, 6.07) is 8.76. The van der Waals surface area contributed by atoms with E-state index >= 15 is 4.39 Å². The number of nitrogens with two attached hydrogens (primary N) is 1. The summed E-state index contributed by atoms with van der Waals surface area (Å²) in [5.74, 6) is 4.64. The molecule has 1 aliphatic rings. The van der Waals surface area contributed by atoms with Crippen LogP contribution >= 0.6 is 11.5 Å². The molecule has 0 bridgehead atoms. The van der Waals surface area contributed by atoms with Crippen molar-refractivity contribution < 1.29 is 17.2 Å². The Kier molecular flexibility index (Phi) is 6.61. The summed E-state index contributed by atoms with van der Waals surface area (Å²) in [6.07, 6.45) is 6.08. The van der Waals surface area contributed by atoms with Gasteiger partial charge in [-0.1, -0.05) is 49.3 Å². The molecular formula is C25H24FN5O4S2. The molecular weight excluding hydrogens is 517 g/mol. The van der Waals surface area contributed by atoms with Gasteiger partial charge in [0, 0.05) is 29.2 Å². The summed E-state index contributed by atoms with van der Waals surface area (Å²) < 4.78 is 53.1. The number of halogens is 1. The molecule has 1 fully saturated rings. The third kappa shape index (κ3) is 5.02. The van der Waals surface area contributed by atoms with Crippen LogP contribution in [0.15, 0.2) is 56.8 Å². The van der Waals surface area contributed by atoms with Gasteiger partial charge < -0.3 is 10.2 Å². The van der Waals surface area contributed by atoms with Gasteiger partial charge in [-0.2, -0.15) is 4.37 Å². The molecule has 1 atom stereocenters. The van der Waals surface area contributed by atoms with Crippen molar-refractivity contribution in [3.8, 4) is 11.8 Å². The fourth-order valence-corrected chi connectivity index (χ4v) is 6.35. The summed E-state index contributed by atoms with van der Waals surface area (Å²) in [5, 5.41) is -0.0163. The van der Waals surface area contributed by atoms with E-state index in [-0.39, 0.29) is 16.2 Å². The Morgan fingerprint density at radius 1 is 1.24 bits per heavy atom. The third-order valence-electron chi connectivity index (χ3n) is 6.53. The number of nitrogens with zero attached hydrogens (tertiary/aromatic N) is 3. The van der Waals surface area contributed by atoms with Crippen LogP contribution in [0.1, 0.15) is 56.2 Å². The van der Waals surface area contributed by atoms with Gasteiger partial charge in [0.15, 0.2) is 5.58 Å². The number of nitrogens with one attached hydrogen (secondary N) is 1. The second-order valence-corrected chi connectivity index (χ2v) is 11.5. The molecule has 0 spiro atoms. The van der Waals surface area contributed by atoms with Crippen molar-refractivity contribution in [3.63, 3.8) is 0 Å². The fraction of sp³-hybridized carbons (Fsp3) is 0.320. The number of hydrogen-bond donors (Lipinski definition) is 2. The van der Waals surface area contributed by atoms with Crippen molar-refractivity contribution in [3.05, 3.63) is 70.2 Å². The molecule has 1 aliphatic carbocycles. The maximum Gasteiger partial charge on any atom is 0.420 e. The number of hydrogen-bond acceptors (Lipinski definition) is 8. The minimum Gasteiger partial charge on any atom is -0.408 e. The molecule has 0 aliphatic heterocycles. The van der Waals surface area contributed by atoms with Crippen molar-refractivity contribution >= 4 is 37.8 Å². The van der Waals surface area contributed by atoms with Crippen molar-refractivity contribution in [1.29, 1.82) is 0 Å². The monoisotopic (exact) mass is 541 g/mol. The van der Waals surface area contributed by atoms with Crippen molar-refractivity contribution in [2.75, 3.05) is 4.72 Å². The number of benzene rings is 2. The van der Waals surface area contributed by atoms with Crippen LogP contribution in [-0.4, -0.2) is 27.9 Å². The van der Waals surface area contributed by atoms with E-state index in [1.165, 1.54) is 10.9 Å². The summed E-state index contributed by atoms with van der Waals surface area (Å²) >= 11 is 0.806. The molecule has 0 radical (unpaired) electrons. The number of rotatable bonds is 5. The number of aromatic nitrogens is 3. The van der Waals surface area contributed by atoms with E-state index in [1.54, 1.807) is 6.92 Å². The maximum atomic E-state index is 15.1. The second-order valence-electron chi connectivity index (χ2n) is 9.07. The number of sulfonamides is 1. The lowest BCUT2D eigenvalue weighted by Crippen LogP contribution is -2.40. The molecule has 5 rings (SSSR count). The Bertz CT molecular complexity index is 1680. The zero-order valence-electron chi connectivity index (χ0n) is 19.9. The predicted octanol–water partition coefficient (Wildman–Crippen LogP) is 4.01. The molecule has 4 aromatic rings. The van der Waals surface area contributed by atoms with Crippen LogP contribution < -0.4 is 16.2 Å². The lowest BCUT2D eigenvalue weighted by atomic mass is 9.83. The smallest absolute Gasteiger partial charge is 0.408 e. The van der Waals surface area contributed by atoms with E-state index < -0.39 is 38.1 Å². The molecule has 37 heavy (non-hydrogen) atoms. The normalized spacial score (nSPS) is 16.2. The highest BCUT2D eigenvalue weighted by molar-refractivity contribution is 7.93. The van der Waals surface area contributed by atoms with E-state index in [0.717, 1.165) is 61.3 Å². The molecule has 9 nitrogen and oxygen atoms in total. The zero-order chi connectivity index (χ0) is 26.2. The Labute approximate surface area is 216 Å². The van der Waals surface area contributed by atoms with Gasteiger partial charge in [-0.3, -0.25) is 9.29 Å². The van der Waals surface area contributed by atoms with E-state index in [9.17, 15) is 13.2 Å². The van der Waals surface area contributed by atoms with Gasteiger partial charge in [0.1, 0.15) is 17.0 Å². The molecule has 12 heteroatoms. The third-order valence-corrected chi connectivity index (χ3v) is 8.59. The number of fused-ring (bicyclic) bond motifs is 1. The lowest BCUT2D eigenvalue weighted by molar-refractivity contribution is 0.370. The first kappa shape index (κ1) is 25.1. The largest absolute Gasteiger partial charge is 0.420 e. The molecule has 0 saturated heterocycles. The first-order valence-electron chi connectivity index (χ1n) is 11.7. The molecule has 1 unspecified atom stereocenters. The van der Waals surface area contributed by atoms with Gasteiger partial charge in [-0.15, -0.1) is 0 Å². The number of oxazole rings is 1. The van der Waals surface area contributed by atoms with Crippen LogP contribution in [0.25, 0.3) is 11.1 Å². The average molecular weight is 542 g/mol. The predicted molar refractivity (Wildman–Crippen MR) is 138 cm³/mol. The van der Waals surface area contributed by atoms with E-state index in [1.807, 2.05) is 24.3 Å². The molecule has 192 valence electrons. The molecule has 2 heterocycles. The molecule has 0 amide bonds. The van der Waals surface area contributed by atoms with Crippen molar-refractivity contribution in [1.82, 2.24) is 13.9 Å². The van der Waals surface area contributed by atoms with E-state index in [2.05, 4.69) is 25.9 Å². The van der Waals surface area contributed by atoms with Gasteiger partial charge >= 0.3 is 5.76 Å². The molecule has 3 N–H and O–H groups in total. The summed E-state index contributed by atoms with van der Waals surface area (Å²) in [5.41, 5.74) is 7.43. The minimum absolute atomic E-state index is 0.0163. The van der Waals surface area contributed by atoms with Crippen LogP contribution in [0.2, 0.25) is 0 Å². The molecule has 2 aromatic heterocycles. The SMILES string of the molecule is CC(c1ccccc1C#CC1(N)CCCCC1)n1c(=O)oc2cc(S(=O)(=O)Nc3ncns3)c(F)cc21. The first-order chi connectivity index (χ1) is 17.7. The quantitative estimate of drug-likeness (QED) is 0.365. The van der Waals surface area contributed by atoms with Crippen LogP contribution in [0.4, 0.5) is 9.52 Å². The Hall–Kier alpha value is -3.53. The highest BCUT2D eigenvalue weighted by atomic mass is 32.2. The summed E-state index contributed by atoms with van der Waals surface area (Å²) in [4.78, 5) is 16.0. The van der Waals surface area contributed by atoms with Crippen LogP contribution in [0, 0.1) is 17.7 Å². The fourth-order valence-electron chi connectivity index (χ4n) is 4.61. The van der Waals surface area contributed by atoms with Crippen LogP contribution in [0.3, 0.4) is 0 Å². The van der Waals surface area contributed by atoms with Gasteiger partial charge in [0.05, 0.1) is 17.1 Å². The zero-order valence-corrected chi connectivity index (χ0v) is 21.5. The average Bonchev–Trinajstić information content (AvgIpc) is 3.48. The minimum atomic E-state index is -4.33. The lowest BCUT2D eigenvalue weighted by Gasteiger charge is -2.27. The van der Waals surface area contributed by atoms with Crippen molar-refractivity contribution in [2.45, 2.75) is 55.5 Å². The van der Waals surface area contributed by atoms with Gasteiger partial charge in [-0.05, 0) is 31.4 Å².